The van der Waals surface area contributed by atoms with Crippen LogP contribution in [0.15, 0.2) is 48.5 Å². The van der Waals surface area contributed by atoms with Crippen LogP contribution in [-0.4, -0.2) is 29.2 Å². The number of nitrogens with one attached hydrogen (secondary N) is 1. The fourth-order valence-electron chi connectivity index (χ4n) is 2.75. The average molecular weight is 340 g/mol. The summed E-state index contributed by atoms with van der Waals surface area (Å²) in [5, 5.41) is 2.86. The summed E-state index contributed by atoms with van der Waals surface area (Å²) in [6, 6.07) is 13.7. The van der Waals surface area contributed by atoms with Crippen molar-refractivity contribution in [2.24, 2.45) is 0 Å². The number of rotatable bonds is 7. The van der Waals surface area contributed by atoms with Crippen LogP contribution in [0.3, 0.4) is 0 Å². The van der Waals surface area contributed by atoms with Gasteiger partial charge >= 0.3 is 0 Å². The molecule has 2 aromatic rings. The van der Waals surface area contributed by atoms with Crippen LogP contribution < -0.4 is 5.32 Å². The number of hydrogen-bond acceptors (Lipinski definition) is 3. The molecule has 5 heteroatoms. The van der Waals surface area contributed by atoms with E-state index >= 15 is 0 Å². The molecule has 3 rings (SSSR count). The zero-order chi connectivity index (χ0) is 17.8. The lowest BCUT2D eigenvalue weighted by Gasteiger charge is -2.21. The maximum absolute atomic E-state index is 13.0. The van der Waals surface area contributed by atoms with Crippen LogP contribution in [0.4, 0.5) is 10.1 Å². The highest BCUT2D eigenvalue weighted by molar-refractivity contribution is 5.96. The van der Waals surface area contributed by atoms with E-state index in [-0.39, 0.29) is 24.1 Å². The third-order valence-electron chi connectivity index (χ3n) is 4.28. The highest BCUT2D eigenvalue weighted by Crippen LogP contribution is 2.28. The second kappa shape index (κ2) is 7.57. The average Bonchev–Trinajstić information content (AvgIpc) is 3.41. The molecule has 25 heavy (non-hydrogen) atoms. The van der Waals surface area contributed by atoms with Crippen LogP contribution in [0.5, 0.6) is 0 Å². The normalized spacial score (nSPS) is 13.7. The standard InChI is InChI=1S/C20H21FN2O2/c1-14(24)16-4-8-18(9-5-16)22-20(25)13-23(19-10-11-19)12-15-2-6-17(21)7-3-15/h2-9,19H,10-13H2,1H3,(H,22,25). The Morgan fingerprint density at radius 2 is 1.72 bits per heavy atom. The molecule has 1 fully saturated rings. The fraction of sp³-hybridized carbons (Fsp3) is 0.300. The number of benzene rings is 2. The predicted molar refractivity (Wildman–Crippen MR) is 94.9 cm³/mol. The molecule has 0 saturated heterocycles. The Morgan fingerprint density at radius 3 is 2.28 bits per heavy atom. The third-order valence-corrected chi connectivity index (χ3v) is 4.28. The van der Waals surface area contributed by atoms with Gasteiger partial charge in [-0.3, -0.25) is 14.5 Å². The van der Waals surface area contributed by atoms with E-state index in [0.29, 0.717) is 23.8 Å². The second-order valence-electron chi connectivity index (χ2n) is 6.44. The lowest BCUT2D eigenvalue weighted by Crippen LogP contribution is -2.34. The van der Waals surface area contributed by atoms with Gasteiger partial charge in [0.05, 0.1) is 6.54 Å². The highest BCUT2D eigenvalue weighted by atomic mass is 19.1. The van der Waals surface area contributed by atoms with Gasteiger partial charge in [0.25, 0.3) is 0 Å². The van der Waals surface area contributed by atoms with E-state index in [0.717, 1.165) is 18.4 Å². The van der Waals surface area contributed by atoms with Crippen molar-refractivity contribution in [2.45, 2.75) is 32.4 Å². The lowest BCUT2D eigenvalue weighted by molar-refractivity contribution is -0.117. The molecule has 0 spiro atoms. The van der Waals surface area contributed by atoms with Crippen molar-refractivity contribution < 1.29 is 14.0 Å². The number of anilines is 1. The summed E-state index contributed by atoms with van der Waals surface area (Å²) in [6.45, 7) is 2.43. The Hall–Kier alpha value is -2.53. The zero-order valence-electron chi connectivity index (χ0n) is 14.2. The minimum absolute atomic E-state index is 0.00270. The molecule has 2 aromatic carbocycles. The summed E-state index contributed by atoms with van der Waals surface area (Å²) in [5.74, 6) is -0.352. The van der Waals surface area contributed by atoms with Gasteiger partial charge in [-0.05, 0) is 61.7 Å². The Kier molecular flexibility index (Phi) is 5.24. The molecule has 130 valence electrons. The van der Waals surface area contributed by atoms with Crippen molar-refractivity contribution in [1.82, 2.24) is 4.90 Å². The summed E-state index contributed by atoms with van der Waals surface area (Å²) < 4.78 is 13.0. The maximum atomic E-state index is 13.0. The smallest absolute Gasteiger partial charge is 0.238 e. The van der Waals surface area contributed by atoms with Crippen molar-refractivity contribution >= 4 is 17.4 Å². The molecule has 0 heterocycles. The Balaban J connectivity index is 1.59. The van der Waals surface area contributed by atoms with Crippen molar-refractivity contribution in [3.63, 3.8) is 0 Å². The van der Waals surface area contributed by atoms with Gasteiger partial charge in [0, 0.05) is 23.8 Å². The molecular formula is C20H21FN2O2. The topological polar surface area (TPSA) is 49.4 Å². The molecule has 4 nitrogen and oxygen atoms in total. The summed E-state index contributed by atoms with van der Waals surface area (Å²) >= 11 is 0. The number of hydrogen-bond donors (Lipinski definition) is 1. The Labute approximate surface area is 146 Å². The van der Waals surface area contributed by atoms with E-state index in [1.54, 1.807) is 36.4 Å². The number of Topliss-reactive ketones (excluding diaryl/α,β-unsaturated/α-hetero) is 1. The van der Waals surface area contributed by atoms with Crippen LogP contribution in [-0.2, 0) is 11.3 Å². The van der Waals surface area contributed by atoms with E-state index in [1.807, 2.05) is 0 Å². The molecule has 0 unspecified atom stereocenters. The summed E-state index contributed by atoms with van der Waals surface area (Å²) in [7, 11) is 0. The molecule has 0 radical (unpaired) electrons. The van der Waals surface area contributed by atoms with Gasteiger partial charge < -0.3 is 5.32 Å². The fourth-order valence-corrected chi connectivity index (χ4v) is 2.75. The summed E-state index contributed by atoms with van der Waals surface area (Å²) in [6.07, 6.45) is 2.17. The van der Waals surface area contributed by atoms with Gasteiger partial charge in [0.15, 0.2) is 5.78 Å². The SMILES string of the molecule is CC(=O)c1ccc(NC(=O)CN(Cc2ccc(F)cc2)C2CC2)cc1. The van der Waals surface area contributed by atoms with Crippen molar-refractivity contribution in [1.29, 1.82) is 0 Å². The maximum Gasteiger partial charge on any atom is 0.238 e. The molecule has 0 aromatic heterocycles. The predicted octanol–water partition coefficient (Wildman–Crippen LogP) is 3.63. The molecule has 1 saturated carbocycles. The second-order valence-corrected chi connectivity index (χ2v) is 6.44. The first-order valence-electron chi connectivity index (χ1n) is 8.40. The number of amides is 1. The molecule has 1 aliphatic rings. The van der Waals surface area contributed by atoms with Crippen LogP contribution in [0.2, 0.25) is 0 Å². The lowest BCUT2D eigenvalue weighted by atomic mass is 10.1. The van der Waals surface area contributed by atoms with Crippen molar-refractivity contribution in [3.8, 4) is 0 Å². The molecule has 0 bridgehead atoms. The number of nitrogens with zero attached hydrogens (tertiary/aromatic N) is 1. The number of ketones is 1. The van der Waals surface area contributed by atoms with Gasteiger partial charge in [-0.1, -0.05) is 12.1 Å². The first-order chi connectivity index (χ1) is 12.0. The molecule has 0 aliphatic heterocycles. The van der Waals surface area contributed by atoms with E-state index < -0.39 is 0 Å². The molecule has 1 aliphatic carbocycles. The first-order valence-corrected chi connectivity index (χ1v) is 8.40. The van der Waals surface area contributed by atoms with Gasteiger partial charge in [0.2, 0.25) is 5.91 Å². The van der Waals surface area contributed by atoms with E-state index in [9.17, 15) is 14.0 Å². The summed E-state index contributed by atoms with van der Waals surface area (Å²) in [4.78, 5) is 25.7. The quantitative estimate of drug-likeness (QED) is 0.783. The van der Waals surface area contributed by atoms with E-state index in [4.69, 9.17) is 0 Å². The minimum atomic E-state index is -0.256. The largest absolute Gasteiger partial charge is 0.325 e. The van der Waals surface area contributed by atoms with Gasteiger partial charge in [0.1, 0.15) is 5.82 Å². The molecule has 1 N–H and O–H groups in total. The van der Waals surface area contributed by atoms with E-state index in [1.165, 1.54) is 19.1 Å². The van der Waals surface area contributed by atoms with Crippen LogP contribution in [0, 0.1) is 5.82 Å². The molecular weight excluding hydrogens is 319 g/mol. The van der Waals surface area contributed by atoms with Gasteiger partial charge in [-0.15, -0.1) is 0 Å². The van der Waals surface area contributed by atoms with Gasteiger partial charge in [-0.25, -0.2) is 4.39 Å². The Bertz CT molecular complexity index is 752. The van der Waals surface area contributed by atoms with Crippen LogP contribution >= 0.6 is 0 Å². The van der Waals surface area contributed by atoms with Gasteiger partial charge in [-0.2, -0.15) is 0 Å². The van der Waals surface area contributed by atoms with Crippen molar-refractivity contribution in [3.05, 3.63) is 65.5 Å². The first kappa shape index (κ1) is 17.3. The monoisotopic (exact) mass is 340 g/mol. The highest BCUT2D eigenvalue weighted by Gasteiger charge is 2.30. The molecule has 0 atom stereocenters. The van der Waals surface area contributed by atoms with Crippen molar-refractivity contribution in [2.75, 3.05) is 11.9 Å². The van der Waals surface area contributed by atoms with Crippen LogP contribution in [0.1, 0.15) is 35.7 Å². The van der Waals surface area contributed by atoms with E-state index in [2.05, 4.69) is 10.2 Å². The van der Waals surface area contributed by atoms with Crippen LogP contribution in [0.25, 0.3) is 0 Å². The Morgan fingerprint density at radius 1 is 1.08 bits per heavy atom. The molecule has 1 amide bonds. The number of carbonyl (C=O) groups is 2. The third kappa shape index (κ3) is 4.97. The number of carbonyl (C=O) groups excluding carboxylic acids is 2. The number of halogens is 1. The minimum Gasteiger partial charge on any atom is -0.325 e. The zero-order valence-corrected chi connectivity index (χ0v) is 14.2. The summed E-state index contributed by atoms with van der Waals surface area (Å²) in [5.41, 5.74) is 2.29.